The van der Waals surface area contributed by atoms with Gasteiger partial charge in [0.05, 0.1) is 6.54 Å². The lowest BCUT2D eigenvalue weighted by Gasteiger charge is -2.10. The Bertz CT molecular complexity index is 1210. The van der Waals surface area contributed by atoms with Crippen LogP contribution in [0, 0.1) is 0 Å². The Morgan fingerprint density at radius 3 is 2.45 bits per heavy atom. The lowest BCUT2D eigenvalue weighted by atomic mass is 10.1. The molecule has 31 heavy (non-hydrogen) atoms. The molecular weight excluding hydrogens is 418 g/mol. The minimum atomic E-state index is -0.388. The van der Waals surface area contributed by atoms with Crippen molar-refractivity contribution in [3.05, 3.63) is 95.3 Å². The number of rotatable bonds is 6. The highest BCUT2D eigenvalue weighted by molar-refractivity contribution is 6.31. The van der Waals surface area contributed by atoms with Crippen LogP contribution in [0.5, 0.6) is 0 Å². The van der Waals surface area contributed by atoms with Crippen molar-refractivity contribution in [3.63, 3.8) is 0 Å². The number of hydrogen-bond donors (Lipinski definition) is 2. The van der Waals surface area contributed by atoms with Crippen molar-refractivity contribution < 1.29 is 9.59 Å². The minimum Gasteiger partial charge on any atom is -0.345 e. The van der Waals surface area contributed by atoms with Gasteiger partial charge in [-0.3, -0.25) is 9.59 Å². The number of aromatic nitrogens is 5. The first-order chi connectivity index (χ1) is 15.1. The van der Waals surface area contributed by atoms with Gasteiger partial charge in [-0.05, 0) is 36.4 Å². The summed E-state index contributed by atoms with van der Waals surface area (Å²) in [7, 11) is 0. The molecule has 0 aliphatic rings. The van der Waals surface area contributed by atoms with Gasteiger partial charge in [-0.25, -0.2) is 15.0 Å². The summed E-state index contributed by atoms with van der Waals surface area (Å²) in [6, 6.07) is 15.1. The highest BCUT2D eigenvalue weighted by atomic mass is 35.5. The van der Waals surface area contributed by atoms with E-state index in [2.05, 4.69) is 30.7 Å². The van der Waals surface area contributed by atoms with Crippen molar-refractivity contribution in [2.75, 3.05) is 5.32 Å². The van der Waals surface area contributed by atoms with Crippen LogP contribution in [0.25, 0.3) is 5.95 Å². The Labute approximate surface area is 182 Å². The van der Waals surface area contributed by atoms with Crippen molar-refractivity contribution in [2.45, 2.75) is 6.54 Å². The third-order valence-corrected chi connectivity index (χ3v) is 4.44. The number of halogens is 1. The van der Waals surface area contributed by atoms with Crippen LogP contribution in [-0.2, 0) is 6.54 Å². The van der Waals surface area contributed by atoms with E-state index < -0.39 is 0 Å². The van der Waals surface area contributed by atoms with Crippen molar-refractivity contribution in [1.82, 2.24) is 30.0 Å². The number of carbonyl (C=O) groups excluding carboxylic acids is 2. The summed E-state index contributed by atoms with van der Waals surface area (Å²) in [6.45, 7) is 0.0926. The number of amides is 2. The molecule has 2 amide bonds. The van der Waals surface area contributed by atoms with Crippen LogP contribution >= 0.6 is 11.6 Å². The SMILES string of the molecule is O=C(NCc1ncnn1-c1ncccn1)c1cc(Cl)cc(NC(=O)c2ccccc2)c1. The van der Waals surface area contributed by atoms with Crippen molar-refractivity contribution in [2.24, 2.45) is 0 Å². The van der Waals surface area contributed by atoms with Crippen molar-refractivity contribution >= 4 is 29.1 Å². The molecule has 0 radical (unpaired) electrons. The predicted molar refractivity (Wildman–Crippen MR) is 114 cm³/mol. The maximum atomic E-state index is 12.7. The predicted octanol–water partition coefficient (Wildman–Crippen LogP) is 2.89. The summed E-state index contributed by atoms with van der Waals surface area (Å²) in [4.78, 5) is 37.4. The molecular formula is C21H16ClN7O2. The average molecular weight is 434 g/mol. The van der Waals surface area contributed by atoms with Gasteiger partial charge in [0.15, 0.2) is 5.82 Å². The van der Waals surface area contributed by atoms with Crippen LogP contribution in [0.3, 0.4) is 0 Å². The third kappa shape index (κ3) is 4.90. The Kier molecular flexibility index (Phi) is 5.95. The maximum Gasteiger partial charge on any atom is 0.255 e. The van der Waals surface area contributed by atoms with Gasteiger partial charge in [-0.2, -0.15) is 9.78 Å². The standard InChI is InChI=1S/C21H16ClN7O2/c22-16-9-15(10-17(11-16)28-20(31)14-5-2-1-3-6-14)19(30)25-12-18-26-13-27-29(18)21-23-7-4-8-24-21/h1-11,13H,12H2,(H,25,30)(H,28,31). The molecule has 2 aromatic heterocycles. The van der Waals surface area contributed by atoms with Crippen LogP contribution in [0.4, 0.5) is 5.69 Å². The molecule has 0 spiro atoms. The molecule has 4 rings (SSSR count). The summed E-state index contributed by atoms with van der Waals surface area (Å²) in [6.07, 6.45) is 4.53. The van der Waals surface area contributed by atoms with E-state index in [1.807, 2.05) is 6.07 Å². The Hall–Kier alpha value is -4.11. The largest absolute Gasteiger partial charge is 0.345 e. The monoisotopic (exact) mass is 433 g/mol. The topological polar surface area (TPSA) is 115 Å². The van der Waals surface area contributed by atoms with E-state index in [4.69, 9.17) is 11.6 Å². The number of benzene rings is 2. The first-order valence-corrected chi connectivity index (χ1v) is 9.59. The van der Waals surface area contributed by atoms with Crippen LogP contribution in [-0.4, -0.2) is 36.5 Å². The maximum absolute atomic E-state index is 12.7. The lowest BCUT2D eigenvalue weighted by Crippen LogP contribution is -2.25. The van der Waals surface area contributed by atoms with Gasteiger partial charge in [0.2, 0.25) is 0 Å². The molecule has 2 N–H and O–H groups in total. The highest BCUT2D eigenvalue weighted by Gasteiger charge is 2.14. The Morgan fingerprint density at radius 1 is 0.903 bits per heavy atom. The van der Waals surface area contributed by atoms with Gasteiger partial charge in [0, 0.05) is 34.2 Å². The molecule has 0 fully saturated rings. The molecule has 0 bridgehead atoms. The van der Waals surface area contributed by atoms with Gasteiger partial charge < -0.3 is 10.6 Å². The van der Waals surface area contributed by atoms with Crippen LogP contribution in [0.15, 0.2) is 73.3 Å². The van der Waals surface area contributed by atoms with Crippen LogP contribution in [0.2, 0.25) is 5.02 Å². The molecule has 0 atom stereocenters. The molecule has 0 unspecified atom stereocenters. The van der Waals surface area contributed by atoms with Gasteiger partial charge in [-0.1, -0.05) is 29.8 Å². The van der Waals surface area contributed by atoms with Crippen LogP contribution in [0.1, 0.15) is 26.5 Å². The van der Waals surface area contributed by atoms with Crippen LogP contribution < -0.4 is 10.6 Å². The Balaban J connectivity index is 1.46. The quantitative estimate of drug-likeness (QED) is 0.483. The van der Waals surface area contributed by atoms with Gasteiger partial charge in [-0.15, -0.1) is 0 Å². The number of nitrogens with zero attached hydrogens (tertiary/aromatic N) is 5. The zero-order valence-corrected chi connectivity index (χ0v) is 16.8. The molecule has 0 saturated carbocycles. The molecule has 0 aliphatic heterocycles. The van der Waals surface area contributed by atoms with E-state index >= 15 is 0 Å². The van der Waals surface area contributed by atoms with E-state index in [1.165, 1.54) is 17.1 Å². The average Bonchev–Trinajstić information content (AvgIpc) is 3.27. The number of nitrogens with one attached hydrogen (secondary N) is 2. The van der Waals surface area contributed by atoms with Gasteiger partial charge in [0.25, 0.3) is 17.8 Å². The number of hydrogen-bond acceptors (Lipinski definition) is 6. The normalized spacial score (nSPS) is 10.5. The molecule has 2 aromatic carbocycles. The van der Waals surface area contributed by atoms with E-state index in [9.17, 15) is 9.59 Å². The third-order valence-electron chi connectivity index (χ3n) is 4.22. The second-order valence-electron chi connectivity index (χ2n) is 6.37. The molecule has 0 aliphatic carbocycles. The summed E-state index contributed by atoms with van der Waals surface area (Å²) < 4.78 is 1.43. The fraction of sp³-hybridized carbons (Fsp3) is 0.0476. The Morgan fingerprint density at radius 2 is 1.68 bits per heavy atom. The second kappa shape index (κ2) is 9.14. The molecule has 9 nitrogen and oxygen atoms in total. The fourth-order valence-electron chi connectivity index (χ4n) is 2.80. The van der Waals surface area contributed by atoms with Crippen molar-refractivity contribution in [1.29, 1.82) is 0 Å². The minimum absolute atomic E-state index is 0.0926. The van der Waals surface area contributed by atoms with Gasteiger partial charge in [0.1, 0.15) is 6.33 Å². The first kappa shape index (κ1) is 20.2. The second-order valence-corrected chi connectivity index (χ2v) is 6.80. The molecule has 4 aromatic rings. The zero-order chi connectivity index (χ0) is 21.6. The lowest BCUT2D eigenvalue weighted by molar-refractivity contribution is 0.0948. The highest BCUT2D eigenvalue weighted by Crippen LogP contribution is 2.20. The van der Waals surface area contributed by atoms with E-state index in [-0.39, 0.29) is 23.9 Å². The summed E-state index contributed by atoms with van der Waals surface area (Å²) in [5, 5.41) is 9.91. The van der Waals surface area contributed by atoms with Crippen molar-refractivity contribution in [3.8, 4) is 5.95 Å². The zero-order valence-electron chi connectivity index (χ0n) is 16.1. The number of carbonyl (C=O) groups is 2. The van der Waals surface area contributed by atoms with Gasteiger partial charge >= 0.3 is 0 Å². The molecule has 10 heteroatoms. The van der Waals surface area contributed by atoms with E-state index in [0.717, 1.165) is 0 Å². The molecule has 0 saturated heterocycles. The molecule has 2 heterocycles. The summed E-state index contributed by atoms with van der Waals surface area (Å²) >= 11 is 6.15. The summed E-state index contributed by atoms with van der Waals surface area (Å²) in [5.41, 5.74) is 1.20. The first-order valence-electron chi connectivity index (χ1n) is 9.21. The van der Waals surface area contributed by atoms with E-state index in [1.54, 1.807) is 54.9 Å². The summed E-state index contributed by atoms with van der Waals surface area (Å²) in [5.74, 6) is 0.114. The smallest absolute Gasteiger partial charge is 0.255 e. The molecule has 154 valence electrons. The number of anilines is 1. The fourth-order valence-corrected chi connectivity index (χ4v) is 3.04. The van der Waals surface area contributed by atoms with E-state index in [0.29, 0.717) is 28.0 Å².